The topological polar surface area (TPSA) is 75.2 Å². The van der Waals surface area contributed by atoms with Gasteiger partial charge in [0.2, 0.25) is 11.8 Å². The van der Waals surface area contributed by atoms with Crippen LogP contribution in [0.2, 0.25) is 0 Å². The van der Waals surface area contributed by atoms with Gasteiger partial charge in [0.05, 0.1) is 24.7 Å². The van der Waals surface area contributed by atoms with Gasteiger partial charge in [-0.05, 0) is 75.6 Å². The maximum atomic E-state index is 14.4. The molecule has 2 amide bonds. The van der Waals surface area contributed by atoms with Crippen LogP contribution in [0.1, 0.15) is 42.5 Å². The van der Waals surface area contributed by atoms with E-state index in [0.29, 0.717) is 51.2 Å². The Morgan fingerprint density at radius 2 is 2.14 bits per heavy atom. The van der Waals surface area contributed by atoms with E-state index in [4.69, 9.17) is 9.47 Å². The molecule has 8 heteroatoms. The van der Waals surface area contributed by atoms with Crippen LogP contribution in [-0.4, -0.2) is 98.2 Å². The van der Waals surface area contributed by atoms with Gasteiger partial charge in [0.15, 0.2) is 0 Å². The summed E-state index contributed by atoms with van der Waals surface area (Å²) >= 11 is 0. The standard InChI is InChI=1S/C28H42N4O4/c1-19-9-22-14-31(7-5-24(22)29-13-19)27(34)28-12-20(10-21-6-8-36-17-25(21)35-4)11-23(28)15-32(18-28)26(33)16-30(2)3/h9,13,20-21,23,25H,5-8,10-12,14-18H2,1-4H3/t20-,21?,23+,25?,28+/m1/s1. The van der Waals surface area contributed by atoms with Crippen LogP contribution in [0.15, 0.2) is 12.3 Å². The molecule has 2 unspecified atom stereocenters. The molecule has 5 rings (SSSR count). The van der Waals surface area contributed by atoms with Crippen LogP contribution in [0.25, 0.3) is 0 Å². The molecule has 4 heterocycles. The quantitative estimate of drug-likeness (QED) is 0.598. The third-order valence-corrected chi connectivity index (χ3v) is 9.04. The normalized spacial score (nSPS) is 32.0. The number of nitrogens with zero attached hydrogens (tertiary/aromatic N) is 4. The molecule has 1 aliphatic carbocycles. The van der Waals surface area contributed by atoms with Gasteiger partial charge in [-0.25, -0.2) is 0 Å². The Morgan fingerprint density at radius 1 is 1.31 bits per heavy atom. The second-order valence-corrected chi connectivity index (χ2v) is 11.9. The fourth-order valence-corrected chi connectivity index (χ4v) is 7.33. The van der Waals surface area contributed by atoms with E-state index in [-0.39, 0.29) is 23.8 Å². The third kappa shape index (κ3) is 4.92. The maximum Gasteiger partial charge on any atom is 0.236 e. The van der Waals surface area contributed by atoms with Gasteiger partial charge in [0.25, 0.3) is 0 Å². The van der Waals surface area contributed by atoms with Gasteiger partial charge in [-0.3, -0.25) is 14.6 Å². The number of pyridine rings is 1. The fourth-order valence-electron chi connectivity index (χ4n) is 7.33. The molecule has 0 bridgehead atoms. The van der Waals surface area contributed by atoms with Gasteiger partial charge in [0.1, 0.15) is 0 Å². The number of aryl methyl sites for hydroxylation is 1. The summed E-state index contributed by atoms with van der Waals surface area (Å²) in [5.74, 6) is 1.55. The lowest BCUT2D eigenvalue weighted by Gasteiger charge is -2.37. The van der Waals surface area contributed by atoms with Gasteiger partial charge in [-0.1, -0.05) is 6.07 Å². The molecule has 2 saturated heterocycles. The van der Waals surface area contributed by atoms with Crippen molar-refractivity contribution in [2.24, 2.45) is 23.2 Å². The first-order valence-electron chi connectivity index (χ1n) is 13.6. The monoisotopic (exact) mass is 498 g/mol. The van der Waals surface area contributed by atoms with Gasteiger partial charge in [-0.15, -0.1) is 0 Å². The van der Waals surface area contributed by atoms with Crippen LogP contribution in [0.4, 0.5) is 0 Å². The average molecular weight is 499 g/mol. The molecular formula is C28H42N4O4. The van der Waals surface area contributed by atoms with Crippen LogP contribution in [-0.2, 0) is 32.0 Å². The number of carbonyl (C=O) groups excluding carboxylic acids is 2. The molecule has 1 aromatic rings. The number of likely N-dealkylation sites (tertiary alicyclic amines) is 1. The van der Waals surface area contributed by atoms with Crippen molar-refractivity contribution >= 4 is 11.8 Å². The Balaban J connectivity index is 1.36. The summed E-state index contributed by atoms with van der Waals surface area (Å²) in [6, 6.07) is 2.17. The first-order chi connectivity index (χ1) is 17.3. The molecule has 0 radical (unpaired) electrons. The lowest BCUT2D eigenvalue weighted by Crippen LogP contribution is -2.49. The van der Waals surface area contributed by atoms with Crippen LogP contribution in [0, 0.1) is 30.1 Å². The molecule has 1 aromatic heterocycles. The van der Waals surface area contributed by atoms with Gasteiger partial charge < -0.3 is 24.2 Å². The van der Waals surface area contributed by atoms with E-state index in [0.717, 1.165) is 50.0 Å². The van der Waals surface area contributed by atoms with Crippen molar-refractivity contribution in [2.45, 2.75) is 51.7 Å². The molecule has 36 heavy (non-hydrogen) atoms. The number of likely N-dealkylation sites (N-methyl/N-ethyl adjacent to an activating group) is 1. The minimum Gasteiger partial charge on any atom is -0.379 e. The predicted octanol–water partition coefficient (Wildman–Crippen LogP) is 2.13. The van der Waals surface area contributed by atoms with Crippen molar-refractivity contribution in [3.8, 4) is 0 Å². The molecule has 4 aliphatic rings. The van der Waals surface area contributed by atoms with Crippen molar-refractivity contribution in [3.05, 3.63) is 29.1 Å². The van der Waals surface area contributed by atoms with Crippen molar-refractivity contribution in [1.82, 2.24) is 19.7 Å². The highest BCUT2D eigenvalue weighted by Crippen LogP contribution is 2.54. The minimum atomic E-state index is -0.477. The predicted molar refractivity (Wildman–Crippen MR) is 136 cm³/mol. The van der Waals surface area contributed by atoms with Crippen molar-refractivity contribution in [2.75, 3.05) is 60.6 Å². The summed E-state index contributed by atoms with van der Waals surface area (Å²) in [7, 11) is 5.62. The Hall–Kier alpha value is -2.03. The minimum absolute atomic E-state index is 0.130. The highest BCUT2D eigenvalue weighted by atomic mass is 16.5. The SMILES string of the molecule is COC1COCCC1C[C@@H]1C[C@H]2CN(C(=O)CN(C)C)C[C@@]2(C(=O)N2CCc3ncc(C)cc3C2)C1. The van der Waals surface area contributed by atoms with Gasteiger partial charge in [0, 0.05) is 58.2 Å². The Labute approximate surface area is 215 Å². The number of amides is 2. The van der Waals surface area contributed by atoms with E-state index in [1.54, 1.807) is 7.11 Å². The summed E-state index contributed by atoms with van der Waals surface area (Å²) in [4.78, 5) is 37.9. The number of hydrogen-bond acceptors (Lipinski definition) is 6. The van der Waals surface area contributed by atoms with Crippen molar-refractivity contribution < 1.29 is 19.1 Å². The summed E-state index contributed by atoms with van der Waals surface area (Å²) in [5, 5.41) is 0. The lowest BCUT2D eigenvalue weighted by atomic mass is 9.78. The molecular weight excluding hydrogens is 456 g/mol. The summed E-state index contributed by atoms with van der Waals surface area (Å²) in [5.41, 5.74) is 2.93. The second kappa shape index (κ2) is 10.4. The van der Waals surface area contributed by atoms with E-state index in [9.17, 15) is 9.59 Å². The fraction of sp³-hybridized carbons (Fsp3) is 0.750. The van der Waals surface area contributed by atoms with E-state index < -0.39 is 5.41 Å². The van der Waals surface area contributed by atoms with Crippen LogP contribution < -0.4 is 0 Å². The van der Waals surface area contributed by atoms with E-state index in [2.05, 4.69) is 22.9 Å². The van der Waals surface area contributed by atoms with Crippen LogP contribution in [0.3, 0.4) is 0 Å². The maximum absolute atomic E-state index is 14.4. The first kappa shape index (κ1) is 25.6. The number of methoxy groups -OCH3 is 1. The first-order valence-corrected chi connectivity index (χ1v) is 13.6. The Morgan fingerprint density at radius 3 is 2.92 bits per heavy atom. The molecule has 3 fully saturated rings. The van der Waals surface area contributed by atoms with Crippen LogP contribution in [0.5, 0.6) is 0 Å². The highest BCUT2D eigenvalue weighted by molar-refractivity contribution is 5.87. The van der Waals surface area contributed by atoms with E-state index in [1.165, 1.54) is 5.56 Å². The van der Waals surface area contributed by atoms with Crippen molar-refractivity contribution in [1.29, 1.82) is 0 Å². The second-order valence-electron chi connectivity index (χ2n) is 11.9. The highest BCUT2D eigenvalue weighted by Gasteiger charge is 2.59. The summed E-state index contributed by atoms with van der Waals surface area (Å²) in [6.07, 6.45) is 6.82. The third-order valence-electron chi connectivity index (χ3n) is 9.04. The zero-order chi connectivity index (χ0) is 25.4. The smallest absolute Gasteiger partial charge is 0.236 e. The number of carbonyl (C=O) groups is 2. The van der Waals surface area contributed by atoms with E-state index in [1.807, 2.05) is 30.1 Å². The number of ether oxygens (including phenoxy) is 2. The zero-order valence-electron chi connectivity index (χ0n) is 22.4. The molecule has 3 aliphatic heterocycles. The Kier molecular flexibility index (Phi) is 7.39. The summed E-state index contributed by atoms with van der Waals surface area (Å²) in [6.45, 7) is 6.47. The van der Waals surface area contributed by atoms with Crippen molar-refractivity contribution in [3.63, 3.8) is 0 Å². The van der Waals surface area contributed by atoms with Gasteiger partial charge >= 0.3 is 0 Å². The molecule has 0 spiro atoms. The summed E-state index contributed by atoms with van der Waals surface area (Å²) < 4.78 is 11.4. The van der Waals surface area contributed by atoms with Gasteiger partial charge in [-0.2, -0.15) is 0 Å². The average Bonchev–Trinajstić information content (AvgIpc) is 3.38. The number of rotatable bonds is 6. The number of aromatic nitrogens is 1. The molecule has 5 atom stereocenters. The molecule has 198 valence electrons. The zero-order valence-corrected chi connectivity index (χ0v) is 22.4. The largest absolute Gasteiger partial charge is 0.379 e. The lowest BCUT2D eigenvalue weighted by molar-refractivity contribution is -0.144. The molecule has 8 nitrogen and oxygen atoms in total. The number of fused-ring (bicyclic) bond motifs is 2. The molecule has 0 aromatic carbocycles. The molecule has 1 saturated carbocycles. The van der Waals surface area contributed by atoms with E-state index >= 15 is 0 Å². The number of hydrogen-bond donors (Lipinski definition) is 0. The van der Waals surface area contributed by atoms with Crippen LogP contribution >= 0.6 is 0 Å². The Bertz CT molecular complexity index is 984. The molecule has 0 N–H and O–H groups in total.